The molecular formula is C18H19FN6O2S. The smallest absolute Gasteiger partial charge is 0.407 e. The van der Waals surface area contributed by atoms with E-state index in [-0.39, 0.29) is 17.9 Å². The minimum absolute atomic E-state index is 0.0524. The van der Waals surface area contributed by atoms with E-state index in [9.17, 15) is 9.18 Å². The number of carbonyl (C=O) groups is 1. The summed E-state index contributed by atoms with van der Waals surface area (Å²) in [5.41, 5.74) is 10.9. The summed E-state index contributed by atoms with van der Waals surface area (Å²) in [7, 11) is 1.30. The van der Waals surface area contributed by atoms with Crippen molar-refractivity contribution in [2.24, 2.45) is 5.84 Å². The molecule has 1 amide bonds. The number of hydrogen-bond acceptors (Lipinski definition) is 8. The summed E-state index contributed by atoms with van der Waals surface area (Å²) in [6, 6.07) is 8.39. The number of halogens is 1. The number of thiazole rings is 1. The van der Waals surface area contributed by atoms with Crippen molar-refractivity contribution >= 4 is 28.8 Å². The molecule has 28 heavy (non-hydrogen) atoms. The lowest BCUT2D eigenvalue weighted by atomic mass is 10.1. The molecule has 0 radical (unpaired) electrons. The van der Waals surface area contributed by atoms with E-state index in [0.29, 0.717) is 17.0 Å². The van der Waals surface area contributed by atoms with Gasteiger partial charge in [-0.1, -0.05) is 6.07 Å². The molecule has 0 unspecified atom stereocenters. The van der Waals surface area contributed by atoms with Crippen molar-refractivity contribution in [3.63, 3.8) is 0 Å². The van der Waals surface area contributed by atoms with Crippen LogP contribution < -0.4 is 22.3 Å². The third kappa shape index (κ3) is 4.02. The second-order valence-corrected chi connectivity index (χ2v) is 6.92. The monoisotopic (exact) mass is 402 g/mol. The van der Waals surface area contributed by atoms with Gasteiger partial charge in [0.05, 0.1) is 47.0 Å². The Hall–Kier alpha value is -3.24. The number of alkyl carbamates (subject to hydrolysis) is 1. The van der Waals surface area contributed by atoms with Crippen LogP contribution in [0.1, 0.15) is 10.7 Å². The quantitative estimate of drug-likeness (QED) is 0.293. The molecule has 0 saturated carbocycles. The fourth-order valence-corrected chi connectivity index (χ4v) is 3.57. The Labute approximate surface area is 164 Å². The molecule has 0 aliphatic heterocycles. The number of nitrogens with two attached hydrogens (primary N) is 2. The Bertz CT molecular complexity index is 1020. The van der Waals surface area contributed by atoms with E-state index in [1.165, 1.54) is 24.5 Å². The number of ether oxygens (including phenoxy) is 1. The number of aromatic nitrogens is 2. The number of hydrazine groups is 1. The van der Waals surface area contributed by atoms with Gasteiger partial charge in [0.25, 0.3) is 0 Å². The van der Waals surface area contributed by atoms with Crippen LogP contribution in [0.25, 0.3) is 21.8 Å². The van der Waals surface area contributed by atoms with E-state index in [4.69, 9.17) is 11.6 Å². The van der Waals surface area contributed by atoms with Gasteiger partial charge in [-0.25, -0.2) is 19.2 Å². The van der Waals surface area contributed by atoms with E-state index < -0.39 is 11.9 Å². The average molecular weight is 402 g/mol. The average Bonchev–Trinajstić information content (AvgIpc) is 3.08. The van der Waals surface area contributed by atoms with Crippen LogP contribution in [-0.2, 0) is 11.3 Å². The molecule has 0 fully saturated rings. The predicted octanol–water partition coefficient (Wildman–Crippen LogP) is 3.04. The van der Waals surface area contributed by atoms with Crippen LogP contribution in [0.15, 0.2) is 30.3 Å². The third-order valence-corrected chi connectivity index (χ3v) is 5.15. The predicted molar refractivity (Wildman–Crippen MR) is 107 cm³/mol. The Morgan fingerprint density at radius 3 is 2.75 bits per heavy atom. The largest absolute Gasteiger partial charge is 0.453 e. The minimum Gasteiger partial charge on any atom is -0.453 e. The number of methoxy groups -OCH3 is 1. The van der Waals surface area contributed by atoms with Crippen molar-refractivity contribution in [2.45, 2.75) is 13.5 Å². The van der Waals surface area contributed by atoms with Gasteiger partial charge in [-0.3, -0.25) is 5.84 Å². The summed E-state index contributed by atoms with van der Waals surface area (Å²) in [6.07, 6.45) is -0.524. The topological polar surface area (TPSA) is 128 Å². The Morgan fingerprint density at radius 2 is 2.04 bits per heavy atom. The van der Waals surface area contributed by atoms with Crippen LogP contribution >= 0.6 is 11.3 Å². The first-order chi connectivity index (χ1) is 13.4. The second kappa shape index (κ2) is 8.19. The number of carbonyl (C=O) groups excluding carboxylic acids is 1. The highest BCUT2D eigenvalue weighted by molar-refractivity contribution is 7.15. The zero-order chi connectivity index (χ0) is 20.3. The number of pyridine rings is 1. The maximum atomic E-state index is 14.1. The number of rotatable bonds is 5. The van der Waals surface area contributed by atoms with Crippen LogP contribution in [0.3, 0.4) is 0 Å². The summed E-state index contributed by atoms with van der Waals surface area (Å²) in [5.74, 6) is 4.83. The highest BCUT2D eigenvalue weighted by atomic mass is 32.1. The maximum absolute atomic E-state index is 14.1. The summed E-state index contributed by atoms with van der Waals surface area (Å²) >= 11 is 1.41. The number of aryl methyl sites for hydroxylation is 1. The Kier molecular flexibility index (Phi) is 5.71. The van der Waals surface area contributed by atoms with E-state index in [0.717, 1.165) is 15.6 Å². The van der Waals surface area contributed by atoms with Gasteiger partial charge in [0.2, 0.25) is 0 Å². The van der Waals surface area contributed by atoms with Gasteiger partial charge in [-0.2, -0.15) is 0 Å². The van der Waals surface area contributed by atoms with Gasteiger partial charge in [-0.05, 0) is 31.2 Å². The molecule has 8 nitrogen and oxygen atoms in total. The lowest BCUT2D eigenvalue weighted by molar-refractivity contribution is 0.170. The van der Waals surface area contributed by atoms with Gasteiger partial charge < -0.3 is 21.2 Å². The van der Waals surface area contributed by atoms with Gasteiger partial charge >= 0.3 is 6.09 Å². The first-order valence-electron chi connectivity index (χ1n) is 8.24. The van der Waals surface area contributed by atoms with Crippen molar-refractivity contribution in [1.82, 2.24) is 15.3 Å². The molecule has 0 saturated heterocycles. The molecule has 1 aromatic carbocycles. The highest BCUT2D eigenvalue weighted by Gasteiger charge is 2.14. The molecule has 0 aliphatic carbocycles. The molecule has 3 rings (SSSR count). The molecule has 10 heteroatoms. The molecule has 2 aromatic heterocycles. The van der Waals surface area contributed by atoms with Crippen LogP contribution in [0, 0.1) is 12.7 Å². The number of nitrogens with zero attached hydrogens (tertiary/aromatic N) is 2. The van der Waals surface area contributed by atoms with E-state index in [1.807, 2.05) is 19.1 Å². The molecule has 0 spiro atoms. The van der Waals surface area contributed by atoms with Crippen molar-refractivity contribution in [2.75, 3.05) is 18.3 Å². The van der Waals surface area contributed by atoms with E-state index >= 15 is 0 Å². The number of anilines is 2. The van der Waals surface area contributed by atoms with Gasteiger partial charge in [0.15, 0.2) is 0 Å². The zero-order valence-electron chi connectivity index (χ0n) is 15.2. The summed E-state index contributed by atoms with van der Waals surface area (Å²) in [4.78, 5) is 21.2. The van der Waals surface area contributed by atoms with Crippen molar-refractivity contribution < 1.29 is 13.9 Å². The standard InChI is InChI=1S/C18H19FN6O2S/c1-9-17(28-15(23-9)8-22-18(26)27-2)13-5-3-4-12(24-13)10-6-11(19)16(20)14(7-10)25-21/h3-7,25H,8,20-21H2,1-2H3,(H,22,26). The summed E-state index contributed by atoms with van der Waals surface area (Å²) in [6.45, 7) is 2.12. The van der Waals surface area contributed by atoms with Crippen LogP contribution in [0.5, 0.6) is 0 Å². The molecule has 3 aromatic rings. The van der Waals surface area contributed by atoms with Crippen LogP contribution in [0.4, 0.5) is 20.6 Å². The number of nitrogens with one attached hydrogen (secondary N) is 2. The van der Waals surface area contributed by atoms with Crippen molar-refractivity contribution in [3.05, 3.63) is 46.9 Å². The fourth-order valence-electron chi connectivity index (χ4n) is 2.59. The number of hydrogen-bond donors (Lipinski definition) is 4. The first-order valence-corrected chi connectivity index (χ1v) is 9.06. The lowest BCUT2D eigenvalue weighted by Crippen LogP contribution is -2.22. The first kappa shape index (κ1) is 19.5. The number of nitrogen functional groups attached to an aromatic ring is 2. The van der Waals surface area contributed by atoms with Gasteiger partial charge in [0.1, 0.15) is 10.8 Å². The van der Waals surface area contributed by atoms with E-state index in [1.54, 1.807) is 12.1 Å². The molecule has 6 N–H and O–H groups in total. The minimum atomic E-state index is -0.581. The zero-order valence-corrected chi connectivity index (χ0v) is 16.1. The molecule has 0 aliphatic rings. The van der Waals surface area contributed by atoms with Crippen molar-refractivity contribution in [3.8, 4) is 21.8 Å². The SMILES string of the molecule is COC(=O)NCc1nc(C)c(-c2cccc(-c3cc(F)c(N)c(NN)c3)n2)s1. The molecule has 0 bridgehead atoms. The molecule has 2 heterocycles. The maximum Gasteiger partial charge on any atom is 0.407 e. The summed E-state index contributed by atoms with van der Waals surface area (Å²) < 4.78 is 18.6. The van der Waals surface area contributed by atoms with Gasteiger partial charge in [-0.15, -0.1) is 11.3 Å². The van der Waals surface area contributed by atoms with E-state index in [2.05, 4.69) is 25.4 Å². The van der Waals surface area contributed by atoms with Crippen LogP contribution in [0.2, 0.25) is 0 Å². The fraction of sp³-hybridized carbons (Fsp3) is 0.167. The second-order valence-electron chi connectivity index (χ2n) is 5.84. The number of benzene rings is 1. The molecular weight excluding hydrogens is 383 g/mol. The number of amides is 1. The van der Waals surface area contributed by atoms with Crippen molar-refractivity contribution in [1.29, 1.82) is 0 Å². The molecule has 0 atom stereocenters. The Balaban J connectivity index is 1.93. The van der Waals surface area contributed by atoms with Gasteiger partial charge in [0, 0.05) is 5.56 Å². The highest BCUT2D eigenvalue weighted by Crippen LogP contribution is 2.32. The lowest BCUT2D eigenvalue weighted by Gasteiger charge is -2.10. The third-order valence-electron chi connectivity index (χ3n) is 3.97. The summed E-state index contributed by atoms with van der Waals surface area (Å²) in [5, 5.41) is 3.32. The Morgan fingerprint density at radius 1 is 1.29 bits per heavy atom. The molecule has 146 valence electrons. The normalized spacial score (nSPS) is 10.6. The van der Waals surface area contributed by atoms with Crippen LogP contribution in [-0.4, -0.2) is 23.2 Å².